The van der Waals surface area contributed by atoms with E-state index in [0.717, 1.165) is 10.4 Å². The van der Waals surface area contributed by atoms with Crippen molar-refractivity contribution in [2.24, 2.45) is 0 Å². The van der Waals surface area contributed by atoms with Crippen molar-refractivity contribution in [1.29, 1.82) is 0 Å². The Kier molecular flexibility index (Phi) is 9.19. The molecular weight excluding hydrogens is 623 g/mol. The number of carbonyl (C=O) groups is 2. The number of imidazole rings is 1. The number of hydrogen-bond acceptors (Lipinski definition) is 8. The predicted octanol–water partition coefficient (Wildman–Crippen LogP) is 4.27. The van der Waals surface area contributed by atoms with Gasteiger partial charge in [-0.1, -0.05) is 36.4 Å². The molecule has 0 spiro atoms. The summed E-state index contributed by atoms with van der Waals surface area (Å²) in [6, 6.07) is 13.6. The van der Waals surface area contributed by atoms with Crippen molar-refractivity contribution in [3.8, 4) is 16.5 Å². The van der Waals surface area contributed by atoms with Gasteiger partial charge in [0.25, 0.3) is 5.91 Å². The van der Waals surface area contributed by atoms with Crippen molar-refractivity contribution >= 4 is 28.9 Å². The van der Waals surface area contributed by atoms with E-state index in [1.165, 1.54) is 32.8 Å². The number of hydrogen-bond donors (Lipinski definition) is 0. The molecule has 0 radical (unpaired) electrons. The number of aromatic nitrogens is 4. The molecule has 1 fully saturated rings. The summed E-state index contributed by atoms with van der Waals surface area (Å²) in [5.74, 6) is -0.617. The van der Waals surface area contributed by atoms with Gasteiger partial charge in [0.05, 0.1) is 12.2 Å². The van der Waals surface area contributed by atoms with Crippen molar-refractivity contribution in [2.45, 2.75) is 45.6 Å². The lowest BCUT2D eigenvalue weighted by Gasteiger charge is -2.35. The van der Waals surface area contributed by atoms with Crippen LogP contribution in [-0.2, 0) is 29.1 Å². The van der Waals surface area contributed by atoms with Crippen molar-refractivity contribution < 1.29 is 23.5 Å². The number of morpholine rings is 1. The Morgan fingerprint density at radius 3 is 2.55 bits per heavy atom. The number of rotatable bonds is 9. The van der Waals surface area contributed by atoms with Gasteiger partial charge >= 0.3 is 5.56 Å². The topological polar surface area (TPSA) is 111 Å². The quantitative estimate of drug-likeness (QED) is 0.233. The van der Waals surface area contributed by atoms with Crippen LogP contribution in [0.5, 0.6) is 5.75 Å². The van der Waals surface area contributed by atoms with Gasteiger partial charge in [0.1, 0.15) is 24.0 Å². The highest BCUT2D eigenvalue weighted by molar-refractivity contribution is 7.15. The number of thiazole rings is 1. The van der Waals surface area contributed by atoms with Gasteiger partial charge in [-0.3, -0.25) is 14.4 Å². The van der Waals surface area contributed by atoms with Gasteiger partial charge in [-0.05, 0) is 37.1 Å². The van der Waals surface area contributed by atoms with Crippen LogP contribution in [0.2, 0.25) is 0 Å². The summed E-state index contributed by atoms with van der Waals surface area (Å²) in [7, 11) is 3.23. The minimum atomic E-state index is -0.499. The number of ether oxygens (including phenoxy) is 2. The van der Waals surface area contributed by atoms with Crippen molar-refractivity contribution in [3.63, 3.8) is 0 Å². The standard InChI is InChI=1S/C34H35FN6O5S/c1-21-17-40(18-22(2)46-21)28(42)19-39-12-13-41-33(44)30(45-20-23-8-6-5-7-9-23)29(37-34(39)41)31-36-16-26(47-31)14-24-10-11-25(35)15-27(24)32(43)38(3)4/h5-13,15-16,21-22H,14,17-20H2,1-4H3. The molecule has 1 aliphatic heterocycles. The van der Waals surface area contributed by atoms with E-state index in [-0.39, 0.29) is 60.0 Å². The van der Waals surface area contributed by atoms with E-state index < -0.39 is 11.4 Å². The molecule has 13 heteroatoms. The fourth-order valence-electron chi connectivity index (χ4n) is 5.64. The third-order valence-corrected chi connectivity index (χ3v) is 8.85. The molecule has 4 heterocycles. The molecule has 2 amide bonds. The lowest BCUT2D eigenvalue weighted by atomic mass is 10.0. The molecule has 0 bridgehead atoms. The number of amides is 2. The first kappa shape index (κ1) is 32.1. The van der Waals surface area contributed by atoms with Crippen molar-refractivity contribution in [3.05, 3.63) is 105 Å². The second kappa shape index (κ2) is 13.5. The van der Waals surface area contributed by atoms with Gasteiger partial charge in [-0.15, -0.1) is 11.3 Å². The lowest BCUT2D eigenvalue weighted by molar-refractivity contribution is -0.143. The molecule has 2 atom stereocenters. The molecule has 0 saturated carbocycles. The van der Waals surface area contributed by atoms with E-state index >= 15 is 0 Å². The average Bonchev–Trinajstić information content (AvgIpc) is 3.68. The molecule has 0 aliphatic carbocycles. The van der Waals surface area contributed by atoms with E-state index in [1.54, 1.807) is 48.2 Å². The van der Waals surface area contributed by atoms with E-state index in [2.05, 4.69) is 4.98 Å². The molecule has 5 aromatic rings. The van der Waals surface area contributed by atoms with Gasteiger partial charge in [-0.2, -0.15) is 0 Å². The summed E-state index contributed by atoms with van der Waals surface area (Å²) in [6.45, 7) is 4.96. The van der Waals surface area contributed by atoms with Gasteiger partial charge in [-0.25, -0.2) is 18.8 Å². The van der Waals surface area contributed by atoms with Gasteiger partial charge in [0.2, 0.25) is 17.4 Å². The number of fused-ring (bicyclic) bond motifs is 1. The molecular formula is C34H35FN6O5S. The van der Waals surface area contributed by atoms with E-state index in [4.69, 9.17) is 14.5 Å². The summed E-state index contributed by atoms with van der Waals surface area (Å²) in [4.78, 5) is 53.4. The highest BCUT2D eigenvalue weighted by Crippen LogP contribution is 2.32. The molecule has 3 aromatic heterocycles. The number of carbonyl (C=O) groups excluding carboxylic acids is 2. The third-order valence-electron chi connectivity index (χ3n) is 7.84. The Bertz CT molecular complexity index is 1980. The molecule has 1 aliphatic rings. The van der Waals surface area contributed by atoms with Crippen LogP contribution in [-0.4, -0.2) is 79.9 Å². The molecule has 47 heavy (non-hydrogen) atoms. The zero-order valence-electron chi connectivity index (χ0n) is 26.6. The minimum Gasteiger partial charge on any atom is -0.481 e. The van der Waals surface area contributed by atoms with Crippen LogP contribution in [0.4, 0.5) is 4.39 Å². The molecule has 1 saturated heterocycles. The maximum Gasteiger partial charge on any atom is 0.302 e. The summed E-state index contributed by atoms with van der Waals surface area (Å²) in [5, 5.41) is 0.431. The Morgan fingerprint density at radius 2 is 1.83 bits per heavy atom. The highest BCUT2D eigenvalue weighted by atomic mass is 32.1. The number of halogens is 1. The van der Waals surface area contributed by atoms with Crippen molar-refractivity contribution in [1.82, 2.24) is 28.7 Å². The summed E-state index contributed by atoms with van der Waals surface area (Å²) in [5.41, 5.74) is 1.58. The zero-order valence-corrected chi connectivity index (χ0v) is 27.4. The second-order valence-corrected chi connectivity index (χ2v) is 12.9. The van der Waals surface area contributed by atoms with E-state index in [9.17, 15) is 18.8 Å². The molecule has 6 rings (SSSR count). The first-order valence-electron chi connectivity index (χ1n) is 15.2. The fourth-order valence-corrected chi connectivity index (χ4v) is 6.56. The molecule has 11 nitrogen and oxygen atoms in total. The molecule has 244 valence electrons. The monoisotopic (exact) mass is 658 g/mol. The van der Waals surface area contributed by atoms with Gasteiger partial charge in [0.15, 0.2) is 5.69 Å². The predicted molar refractivity (Wildman–Crippen MR) is 175 cm³/mol. The van der Waals surface area contributed by atoms with Crippen LogP contribution >= 0.6 is 11.3 Å². The first-order valence-corrected chi connectivity index (χ1v) is 16.1. The molecule has 0 N–H and O–H groups in total. The normalized spacial score (nSPS) is 16.4. The lowest BCUT2D eigenvalue weighted by Crippen LogP contribution is -2.49. The first-order chi connectivity index (χ1) is 22.6. The van der Waals surface area contributed by atoms with Gasteiger partial charge in [0, 0.05) is 62.6 Å². The van der Waals surface area contributed by atoms with Gasteiger partial charge < -0.3 is 23.8 Å². The number of benzene rings is 2. The van der Waals surface area contributed by atoms with E-state index in [0.29, 0.717) is 30.1 Å². The van der Waals surface area contributed by atoms with Crippen LogP contribution in [0.1, 0.15) is 40.2 Å². The minimum absolute atomic E-state index is 0.0115. The average molecular weight is 659 g/mol. The molecule has 2 aromatic carbocycles. The SMILES string of the molecule is CC1CN(C(=O)Cn2ccn3c(=O)c(OCc4ccccc4)c(-c4ncc(Cc5ccc(F)cc5C(=O)N(C)C)s4)nc23)CC(C)O1. The zero-order chi connectivity index (χ0) is 33.2. The third kappa shape index (κ3) is 6.96. The van der Waals surface area contributed by atoms with Crippen LogP contribution in [0.3, 0.4) is 0 Å². The highest BCUT2D eigenvalue weighted by Gasteiger charge is 2.27. The van der Waals surface area contributed by atoms with Crippen LogP contribution in [0.15, 0.2) is 71.9 Å². The smallest absolute Gasteiger partial charge is 0.302 e. The second-order valence-electron chi connectivity index (χ2n) is 11.8. The maximum absolute atomic E-state index is 14.1. The van der Waals surface area contributed by atoms with Crippen molar-refractivity contribution in [2.75, 3.05) is 27.2 Å². The fraction of sp³-hybridized carbons (Fsp3) is 0.324. The van der Waals surface area contributed by atoms with E-state index in [1.807, 2.05) is 44.2 Å². The largest absolute Gasteiger partial charge is 0.481 e. The van der Waals surface area contributed by atoms with Crippen LogP contribution in [0.25, 0.3) is 16.5 Å². The van der Waals surface area contributed by atoms with Crippen LogP contribution < -0.4 is 10.3 Å². The Balaban J connectivity index is 1.37. The maximum atomic E-state index is 14.1. The Labute approximate surface area is 274 Å². The summed E-state index contributed by atoms with van der Waals surface area (Å²) >= 11 is 1.29. The summed E-state index contributed by atoms with van der Waals surface area (Å²) < 4.78 is 29.0. The van der Waals surface area contributed by atoms with Crippen LogP contribution in [0, 0.1) is 5.82 Å². The summed E-state index contributed by atoms with van der Waals surface area (Å²) in [6.07, 6.45) is 5.05. The number of nitrogens with zero attached hydrogens (tertiary/aromatic N) is 6. The molecule has 2 unspecified atom stereocenters. The Hall–Kier alpha value is -4.88. The Morgan fingerprint density at radius 1 is 1.09 bits per heavy atom.